The molecule has 24 heavy (non-hydrogen) atoms. The van der Waals surface area contributed by atoms with Crippen molar-refractivity contribution in [3.63, 3.8) is 0 Å². The van der Waals surface area contributed by atoms with Crippen molar-refractivity contribution in [1.29, 1.82) is 0 Å². The molecule has 9 heteroatoms. The van der Waals surface area contributed by atoms with E-state index in [4.69, 9.17) is 0 Å². The van der Waals surface area contributed by atoms with Crippen LogP contribution in [0.15, 0.2) is 29.4 Å². The van der Waals surface area contributed by atoms with E-state index >= 15 is 0 Å². The molecule has 1 aromatic heterocycles. The van der Waals surface area contributed by atoms with Gasteiger partial charge in [0.1, 0.15) is 23.7 Å². The van der Waals surface area contributed by atoms with Crippen molar-refractivity contribution in [2.45, 2.75) is 27.3 Å². The second-order valence-corrected chi connectivity index (χ2v) is 5.17. The highest BCUT2D eigenvalue weighted by Gasteiger charge is 2.22. The van der Waals surface area contributed by atoms with Gasteiger partial charge in [-0.2, -0.15) is 10.2 Å². The van der Waals surface area contributed by atoms with E-state index < -0.39 is 10.8 Å². The zero-order valence-electron chi connectivity index (χ0n) is 13.4. The average molecular weight is 333 g/mol. The first-order valence-corrected chi connectivity index (χ1v) is 7.07. The van der Waals surface area contributed by atoms with Crippen LogP contribution in [0, 0.1) is 29.8 Å². The fourth-order valence-electron chi connectivity index (χ4n) is 2.18. The SMILES string of the molecule is C/C(=N\NC(=O)Cn1nc(C)c([N+](=O)[O-])c1C)c1ccc(F)cc1. The maximum absolute atomic E-state index is 12.9. The molecule has 8 nitrogen and oxygen atoms in total. The van der Waals surface area contributed by atoms with Crippen LogP contribution in [0.2, 0.25) is 0 Å². The van der Waals surface area contributed by atoms with E-state index in [1.165, 1.54) is 30.7 Å². The number of aromatic nitrogens is 2. The number of hydrogen-bond acceptors (Lipinski definition) is 5. The number of rotatable bonds is 5. The summed E-state index contributed by atoms with van der Waals surface area (Å²) in [4.78, 5) is 22.4. The molecule has 0 aliphatic heterocycles. The van der Waals surface area contributed by atoms with Gasteiger partial charge in [-0.05, 0) is 38.5 Å². The highest BCUT2D eigenvalue weighted by atomic mass is 19.1. The quantitative estimate of drug-likeness (QED) is 0.514. The summed E-state index contributed by atoms with van der Waals surface area (Å²) in [6, 6.07) is 5.69. The molecule has 0 radical (unpaired) electrons. The van der Waals surface area contributed by atoms with Gasteiger partial charge in [0.15, 0.2) is 0 Å². The molecule has 1 N–H and O–H groups in total. The van der Waals surface area contributed by atoms with E-state index in [-0.39, 0.29) is 23.7 Å². The zero-order valence-corrected chi connectivity index (χ0v) is 13.4. The molecular weight excluding hydrogens is 317 g/mol. The van der Waals surface area contributed by atoms with Crippen LogP contribution in [0.4, 0.5) is 10.1 Å². The summed E-state index contributed by atoms with van der Waals surface area (Å²) in [7, 11) is 0. The molecule has 0 bridgehead atoms. The summed E-state index contributed by atoms with van der Waals surface area (Å²) in [5, 5.41) is 18.9. The number of nitro groups is 1. The first-order valence-electron chi connectivity index (χ1n) is 7.07. The number of nitrogens with zero attached hydrogens (tertiary/aromatic N) is 4. The lowest BCUT2D eigenvalue weighted by Crippen LogP contribution is -2.25. The van der Waals surface area contributed by atoms with Crippen molar-refractivity contribution in [1.82, 2.24) is 15.2 Å². The Bertz CT molecular complexity index is 811. The van der Waals surface area contributed by atoms with Gasteiger partial charge in [-0.1, -0.05) is 12.1 Å². The number of nitrogens with one attached hydrogen (secondary N) is 1. The number of benzene rings is 1. The third-order valence-electron chi connectivity index (χ3n) is 3.43. The Labute approximate surface area is 137 Å². The topological polar surface area (TPSA) is 102 Å². The van der Waals surface area contributed by atoms with Crippen LogP contribution in [0.1, 0.15) is 23.9 Å². The summed E-state index contributed by atoms with van der Waals surface area (Å²) in [5.41, 5.74) is 3.96. The third kappa shape index (κ3) is 3.80. The first kappa shape index (κ1) is 17.3. The van der Waals surface area contributed by atoms with Crippen molar-refractivity contribution >= 4 is 17.3 Å². The lowest BCUT2D eigenvalue weighted by Gasteiger charge is -2.04. The Hall–Kier alpha value is -3.10. The van der Waals surface area contributed by atoms with E-state index in [1.54, 1.807) is 19.1 Å². The second-order valence-electron chi connectivity index (χ2n) is 5.17. The normalized spacial score (nSPS) is 11.4. The number of halogens is 1. The Balaban J connectivity index is 2.06. The Morgan fingerprint density at radius 2 is 2.00 bits per heavy atom. The molecule has 0 saturated carbocycles. The summed E-state index contributed by atoms with van der Waals surface area (Å²) >= 11 is 0. The highest BCUT2D eigenvalue weighted by molar-refractivity contribution is 5.99. The average Bonchev–Trinajstić information content (AvgIpc) is 2.79. The van der Waals surface area contributed by atoms with E-state index in [2.05, 4.69) is 15.6 Å². The fourth-order valence-corrected chi connectivity index (χ4v) is 2.18. The number of amides is 1. The highest BCUT2D eigenvalue weighted by Crippen LogP contribution is 2.21. The molecule has 0 spiro atoms. The number of carbonyl (C=O) groups is 1. The van der Waals surface area contributed by atoms with Crippen LogP contribution in [-0.2, 0) is 11.3 Å². The Morgan fingerprint density at radius 1 is 1.38 bits per heavy atom. The smallest absolute Gasteiger partial charge is 0.271 e. The minimum Gasteiger partial charge on any atom is -0.271 e. The van der Waals surface area contributed by atoms with Gasteiger partial charge >= 0.3 is 5.69 Å². The van der Waals surface area contributed by atoms with Gasteiger partial charge in [-0.15, -0.1) is 0 Å². The molecule has 0 aliphatic rings. The predicted octanol–water partition coefficient (Wildman–Crippen LogP) is 2.09. The van der Waals surface area contributed by atoms with Gasteiger partial charge in [-0.25, -0.2) is 9.82 Å². The lowest BCUT2D eigenvalue weighted by molar-refractivity contribution is -0.386. The molecule has 0 unspecified atom stereocenters. The Morgan fingerprint density at radius 3 is 2.54 bits per heavy atom. The molecule has 2 aromatic rings. The summed E-state index contributed by atoms with van der Waals surface area (Å²) in [5.74, 6) is -0.835. The molecule has 1 aromatic carbocycles. The van der Waals surface area contributed by atoms with Crippen molar-refractivity contribution in [3.05, 3.63) is 57.1 Å². The van der Waals surface area contributed by atoms with Crippen LogP contribution >= 0.6 is 0 Å². The van der Waals surface area contributed by atoms with E-state index in [9.17, 15) is 19.3 Å². The van der Waals surface area contributed by atoms with E-state index in [1.807, 2.05) is 0 Å². The molecule has 1 amide bonds. The maximum atomic E-state index is 12.9. The number of aryl methyl sites for hydroxylation is 1. The van der Waals surface area contributed by atoms with Crippen molar-refractivity contribution < 1.29 is 14.1 Å². The predicted molar refractivity (Wildman–Crippen MR) is 85.1 cm³/mol. The lowest BCUT2D eigenvalue weighted by atomic mass is 10.1. The third-order valence-corrected chi connectivity index (χ3v) is 3.43. The molecule has 0 aliphatic carbocycles. The van der Waals surface area contributed by atoms with Gasteiger partial charge < -0.3 is 0 Å². The summed E-state index contributed by atoms with van der Waals surface area (Å²) in [6.45, 7) is 4.51. The zero-order chi connectivity index (χ0) is 17.9. The maximum Gasteiger partial charge on any atom is 0.312 e. The Kier molecular flexibility index (Phi) is 5.02. The van der Waals surface area contributed by atoms with Crippen LogP contribution in [-0.4, -0.2) is 26.3 Å². The monoisotopic (exact) mass is 333 g/mol. The van der Waals surface area contributed by atoms with Gasteiger partial charge in [0.05, 0.1) is 10.6 Å². The summed E-state index contributed by atoms with van der Waals surface area (Å²) < 4.78 is 14.1. The fraction of sp³-hybridized carbons (Fsp3) is 0.267. The standard InChI is InChI=1S/C15H16FN5O3/c1-9(12-4-6-13(16)7-5-12)17-18-14(22)8-20-11(3)15(21(23)24)10(2)19-20/h4-7H,8H2,1-3H3,(H,18,22)/b17-9+. The van der Waals surface area contributed by atoms with E-state index in [0.717, 1.165) is 0 Å². The van der Waals surface area contributed by atoms with Crippen LogP contribution in [0.3, 0.4) is 0 Å². The van der Waals surface area contributed by atoms with Gasteiger partial charge in [0.2, 0.25) is 0 Å². The van der Waals surface area contributed by atoms with Crippen LogP contribution < -0.4 is 5.43 Å². The molecule has 2 rings (SSSR count). The molecule has 0 saturated heterocycles. The van der Waals surface area contributed by atoms with Crippen molar-refractivity contribution in [2.24, 2.45) is 5.10 Å². The largest absolute Gasteiger partial charge is 0.312 e. The van der Waals surface area contributed by atoms with Gasteiger partial charge in [0.25, 0.3) is 5.91 Å². The van der Waals surface area contributed by atoms with Crippen LogP contribution in [0.25, 0.3) is 0 Å². The first-order chi connectivity index (χ1) is 11.3. The molecule has 0 fully saturated rings. The summed E-state index contributed by atoms with van der Waals surface area (Å²) in [6.07, 6.45) is 0. The number of hydrogen-bond donors (Lipinski definition) is 1. The van der Waals surface area contributed by atoms with Gasteiger partial charge in [-0.3, -0.25) is 19.6 Å². The number of carbonyl (C=O) groups excluding carboxylic acids is 1. The minimum atomic E-state index is -0.525. The minimum absolute atomic E-state index is 0.103. The van der Waals surface area contributed by atoms with Gasteiger partial charge in [0, 0.05) is 0 Å². The molecule has 126 valence electrons. The molecule has 0 atom stereocenters. The van der Waals surface area contributed by atoms with E-state index in [0.29, 0.717) is 17.0 Å². The number of hydrazone groups is 1. The molecule has 1 heterocycles. The van der Waals surface area contributed by atoms with Crippen molar-refractivity contribution in [2.75, 3.05) is 0 Å². The second kappa shape index (κ2) is 6.99. The van der Waals surface area contributed by atoms with Crippen molar-refractivity contribution in [3.8, 4) is 0 Å². The van der Waals surface area contributed by atoms with Crippen LogP contribution in [0.5, 0.6) is 0 Å². The molecular formula is C15H16FN5O3.